The predicted molar refractivity (Wildman–Crippen MR) is 50.9 cm³/mol. The van der Waals surface area contributed by atoms with Crippen LogP contribution in [0, 0.1) is 5.41 Å². The van der Waals surface area contributed by atoms with Gasteiger partial charge in [-0.05, 0) is 18.3 Å². The van der Waals surface area contributed by atoms with E-state index in [0.29, 0.717) is 6.54 Å². The SMILES string of the molecule is CC1(C)CCCCCC1(O)CN. The first kappa shape index (κ1) is 10.0. The van der Waals surface area contributed by atoms with Gasteiger partial charge in [0.25, 0.3) is 0 Å². The summed E-state index contributed by atoms with van der Waals surface area (Å²) >= 11 is 0. The molecule has 0 aromatic heterocycles. The first-order chi connectivity index (χ1) is 5.52. The summed E-state index contributed by atoms with van der Waals surface area (Å²) in [5, 5.41) is 10.3. The van der Waals surface area contributed by atoms with Crippen LogP contribution >= 0.6 is 0 Å². The largest absolute Gasteiger partial charge is 0.388 e. The van der Waals surface area contributed by atoms with E-state index in [1.54, 1.807) is 0 Å². The number of hydrogen-bond acceptors (Lipinski definition) is 2. The normalized spacial score (nSPS) is 36.0. The molecule has 0 heterocycles. The summed E-state index contributed by atoms with van der Waals surface area (Å²) < 4.78 is 0. The number of aliphatic hydroxyl groups is 1. The molecule has 2 heteroatoms. The van der Waals surface area contributed by atoms with Crippen LogP contribution in [-0.2, 0) is 0 Å². The maximum absolute atomic E-state index is 10.3. The second-order valence-electron chi connectivity index (χ2n) is 4.68. The smallest absolute Gasteiger partial charge is 0.0819 e. The molecular weight excluding hydrogens is 150 g/mol. The molecule has 0 amide bonds. The van der Waals surface area contributed by atoms with Gasteiger partial charge in [-0.15, -0.1) is 0 Å². The van der Waals surface area contributed by atoms with E-state index in [4.69, 9.17) is 5.73 Å². The maximum Gasteiger partial charge on any atom is 0.0819 e. The van der Waals surface area contributed by atoms with Crippen molar-refractivity contribution < 1.29 is 5.11 Å². The van der Waals surface area contributed by atoms with Gasteiger partial charge in [-0.3, -0.25) is 0 Å². The van der Waals surface area contributed by atoms with Crippen LogP contribution in [0.5, 0.6) is 0 Å². The van der Waals surface area contributed by atoms with Crippen molar-refractivity contribution in [2.24, 2.45) is 11.1 Å². The molecule has 0 aliphatic heterocycles. The molecule has 0 aromatic rings. The molecule has 12 heavy (non-hydrogen) atoms. The Balaban J connectivity index is 2.78. The van der Waals surface area contributed by atoms with E-state index in [1.165, 1.54) is 12.8 Å². The lowest BCUT2D eigenvalue weighted by molar-refractivity contribution is -0.0642. The summed E-state index contributed by atoms with van der Waals surface area (Å²) in [4.78, 5) is 0. The lowest BCUT2D eigenvalue weighted by atomic mass is 9.71. The molecule has 0 aromatic carbocycles. The molecule has 3 N–H and O–H groups in total. The van der Waals surface area contributed by atoms with Crippen molar-refractivity contribution in [1.82, 2.24) is 0 Å². The van der Waals surface area contributed by atoms with E-state index < -0.39 is 5.60 Å². The summed E-state index contributed by atoms with van der Waals surface area (Å²) in [5.74, 6) is 0. The predicted octanol–water partition coefficient (Wildman–Crippen LogP) is 1.67. The molecule has 1 unspecified atom stereocenters. The maximum atomic E-state index is 10.3. The van der Waals surface area contributed by atoms with Crippen LogP contribution in [0.1, 0.15) is 46.0 Å². The standard InChI is InChI=1S/C10H21NO/c1-9(2)6-4-3-5-7-10(9,12)8-11/h12H,3-8,11H2,1-2H3. The zero-order chi connectivity index (χ0) is 9.24. The van der Waals surface area contributed by atoms with Crippen LogP contribution in [-0.4, -0.2) is 17.3 Å². The van der Waals surface area contributed by atoms with E-state index in [9.17, 15) is 5.11 Å². The van der Waals surface area contributed by atoms with Gasteiger partial charge in [-0.25, -0.2) is 0 Å². The van der Waals surface area contributed by atoms with Crippen LogP contribution in [0.4, 0.5) is 0 Å². The Morgan fingerprint density at radius 3 is 2.33 bits per heavy atom. The van der Waals surface area contributed by atoms with Crippen molar-refractivity contribution in [2.75, 3.05) is 6.54 Å². The average molecular weight is 171 g/mol. The molecular formula is C10H21NO. The molecule has 0 bridgehead atoms. The zero-order valence-electron chi connectivity index (χ0n) is 8.27. The minimum atomic E-state index is -0.622. The van der Waals surface area contributed by atoms with Crippen molar-refractivity contribution in [3.05, 3.63) is 0 Å². The molecule has 1 aliphatic carbocycles. The third-order valence-corrected chi connectivity index (χ3v) is 3.49. The van der Waals surface area contributed by atoms with Gasteiger partial charge in [-0.1, -0.05) is 33.1 Å². The first-order valence-corrected chi connectivity index (χ1v) is 4.94. The van der Waals surface area contributed by atoms with Gasteiger partial charge in [0.2, 0.25) is 0 Å². The monoisotopic (exact) mass is 171 g/mol. The van der Waals surface area contributed by atoms with Crippen LogP contribution < -0.4 is 5.73 Å². The number of hydrogen-bond donors (Lipinski definition) is 2. The summed E-state index contributed by atoms with van der Waals surface area (Å²) in [6, 6.07) is 0. The molecule has 2 nitrogen and oxygen atoms in total. The second kappa shape index (κ2) is 3.35. The quantitative estimate of drug-likeness (QED) is 0.589. The summed E-state index contributed by atoms with van der Waals surface area (Å²) in [6.45, 7) is 4.66. The van der Waals surface area contributed by atoms with E-state index in [1.807, 2.05) is 0 Å². The van der Waals surface area contributed by atoms with Crippen LogP contribution in [0.2, 0.25) is 0 Å². The molecule has 0 spiro atoms. The fraction of sp³-hybridized carbons (Fsp3) is 1.00. The van der Waals surface area contributed by atoms with Gasteiger partial charge in [0, 0.05) is 6.54 Å². The van der Waals surface area contributed by atoms with E-state index in [0.717, 1.165) is 19.3 Å². The van der Waals surface area contributed by atoms with E-state index >= 15 is 0 Å². The highest BCUT2D eigenvalue weighted by atomic mass is 16.3. The highest BCUT2D eigenvalue weighted by Crippen LogP contribution is 2.41. The first-order valence-electron chi connectivity index (χ1n) is 4.94. The zero-order valence-corrected chi connectivity index (χ0v) is 8.27. The summed E-state index contributed by atoms with van der Waals surface area (Å²) in [7, 11) is 0. The van der Waals surface area contributed by atoms with Crippen molar-refractivity contribution in [2.45, 2.75) is 51.6 Å². The van der Waals surface area contributed by atoms with Crippen molar-refractivity contribution in [3.63, 3.8) is 0 Å². The Bertz CT molecular complexity index is 156. The molecule has 72 valence electrons. The van der Waals surface area contributed by atoms with Gasteiger partial charge >= 0.3 is 0 Å². The number of rotatable bonds is 1. The summed E-state index contributed by atoms with van der Waals surface area (Å²) in [6.07, 6.45) is 5.56. The average Bonchev–Trinajstić information content (AvgIpc) is 2.13. The van der Waals surface area contributed by atoms with Crippen molar-refractivity contribution in [1.29, 1.82) is 0 Å². The third-order valence-electron chi connectivity index (χ3n) is 3.49. The Labute approximate surface area is 75.2 Å². The van der Waals surface area contributed by atoms with Gasteiger partial charge in [-0.2, -0.15) is 0 Å². The van der Waals surface area contributed by atoms with Crippen molar-refractivity contribution >= 4 is 0 Å². The Kier molecular flexibility index (Phi) is 2.79. The molecule has 0 radical (unpaired) electrons. The third kappa shape index (κ3) is 1.64. The van der Waals surface area contributed by atoms with Crippen LogP contribution in [0.25, 0.3) is 0 Å². The van der Waals surface area contributed by atoms with E-state index in [-0.39, 0.29) is 5.41 Å². The van der Waals surface area contributed by atoms with Crippen LogP contribution in [0.15, 0.2) is 0 Å². The molecule has 1 atom stereocenters. The van der Waals surface area contributed by atoms with Crippen molar-refractivity contribution in [3.8, 4) is 0 Å². The Morgan fingerprint density at radius 1 is 1.17 bits per heavy atom. The lowest BCUT2D eigenvalue weighted by Crippen LogP contribution is -2.49. The highest BCUT2D eigenvalue weighted by molar-refractivity contribution is 4.95. The number of nitrogens with two attached hydrogens (primary N) is 1. The van der Waals surface area contributed by atoms with Gasteiger partial charge < -0.3 is 10.8 Å². The van der Waals surface area contributed by atoms with Crippen LogP contribution in [0.3, 0.4) is 0 Å². The molecule has 1 fully saturated rings. The Morgan fingerprint density at radius 2 is 1.75 bits per heavy atom. The topological polar surface area (TPSA) is 46.2 Å². The fourth-order valence-electron chi connectivity index (χ4n) is 2.11. The molecule has 1 saturated carbocycles. The van der Waals surface area contributed by atoms with Gasteiger partial charge in [0.1, 0.15) is 0 Å². The van der Waals surface area contributed by atoms with Gasteiger partial charge in [0.05, 0.1) is 5.60 Å². The van der Waals surface area contributed by atoms with E-state index in [2.05, 4.69) is 13.8 Å². The summed E-state index contributed by atoms with van der Waals surface area (Å²) in [5.41, 5.74) is 5.01. The molecule has 1 aliphatic rings. The van der Waals surface area contributed by atoms with Gasteiger partial charge in [0.15, 0.2) is 0 Å². The molecule has 0 saturated heterocycles. The molecule has 1 rings (SSSR count). The Hall–Kier alpha value is -0.0800. The minimum Gasteiger partial charge on any atom is -0.388 e. The highest BCUT2D eigenvalue weighted by Gasteiger charge is 2.42. The second-order valence-corrected chi connectivity index (χ2v) is 4.68. The minimum absolute atomic E-state index is 0.00174. The fourth-order valence-corrected chi connectivity index (χ4v) is 2.11. The lowest BCUT2D eigenvalue weighted by Gasteiger charge is -2.40.